The largest absolute Gasteiger partial charge is 0.251 e. The zero-order valence-electron chi connectivity index (χ0n) is 20.9. The topological polar surface area (TPSA) is 0 Å². The van der Waals surface area contributed by atoms with Crippen LogP contribution in [0.1, 0.15) is 98.8 Å². The van der Waals surface area contributed by atoms with Gasteiger partial charge in [-0.15, -0.1) is 0 Å². The summed E-state index contributed by atoms with van der Waals surface area (Å²) < 4.78 is 12.3. The molecule has 0 heterocycles. The number of benzene rings is 3. The van der Waals surface area contributed by atoms with Crippen LogP contribution in [0.2, 0.25) is 0 Å². The van der Waals surface area contributed by atoms with E-state index in [2.05, 4.69) is 79.7 Å². The van der Waals surface area contributed by atoms with Gasteiger partial charge in [-0.05, 0) is 103 Å². The lowest BCUT2D eigenvalue weighted by Crippen LogP contribution is -2.12. The molecule has 0 saturated heterocycles. The molecule has 4 rings (SSSR count). The van der Waals surface area contributed by atoms with Crippen molar-refractivity contribution in [1.29, 1.82) is 0 Å². The first kappa shape index (κ1) is 24.7. The van der Waals surface area contributed by atoms with E-state index in [4.69, 9.17) is 0 Å². The first-order chi connectivity index (χ1) is 16.8. The van der Waals surface area contributed by atoms with Gasteiger partial charge in [0.1, 0.15) is 0 Å². The standard InChI is InChI=1S/C33H41F/c1-2-3-4-7-26-9-13-28(14-10-26)30-17-21-32(22-18-30)33-23-19-31(20-24-33)29-15-11-27(12-16-29)8-5-6-25-34/h9-18,21-22,31,33H,2-8,19-20,23-25H2,1H3. The predicted octanol–water partition coefficient (Wildman–Crippen LogP) is 9.82. The second-order valence-electron chi connectivity index (χ2n) is 10.2. The molecule has 1 aliphatic carbocycles. The average Bonchev–Trinajstić information content (AvgIpc) is 2.90. The van der Waals surface area contributed by atoms with E-state index in [1.165, 1.54) is 84.7 Å². The van der Waals surface area contributed by atoms with E-state index >= 15 is 0 Å². The molecule has 0 amide bonds. The second kappa shape index (κ2) is 12.9. The van der Waals surface area contributed by atoms with E-state index in [-0.39, 0.29) is 6.67 Å². The van der Waals surface area contributed by atoms with Crippen LogP contribution in [0.5, 0.6) is 0 Å². The van der Waals surface area contributed by atoms with Crippen LogP contribution in [0.25, 0.3) is 11.1 Å². The van der Waals surface area contributed by atoms with Gasteiger partial charge < -0.3 is 0 Å². The minimum absolute atomic E-state index is 0.198. The molecule has 0 aliphatic heterocycles. The monoisotopic (exact) mass is 456 g/mol. The zero-order chi connectivity index (χ0) is 23.6. The van der Waals surface area contributed by atoms with E-state index in [0.717, 1.165) is 12.8 Å². The third-order valence-electron chi connectivity index (χ3n) is 7.77. The number of aryl methyl sites for hydroxylation is 2. The van der Waals surface area contributed by atoms with Crippen molar-refractivity contribution in [2.24, 2.45) is 0 Å². The number of rotatable bonds is 11. The molecule has 1 heteroatoms. The second-order valence-corrected chi connectivity index (χ2v) is 10.2. The minimum Gasteiger partial charge on any atom is -0.251 e. The highest BCUT2D eigenvalue weighted by Crippen LogP contribution is 2.41. The zero-order valence-corrected chi connectivity index (χ0v) is 20.9. The molecule has 0 atom stereocenters. The Hall–Kier alpha value is -2.41. The molecule has 1 saturated carbocycles. The molecule has 1 fully saturated rings. The number of halogens is 1. The van der Waals surface area contributed by atoms with Crippen LogP contribution in [-0.2, 0) is 12.8 Å². The van der Waals surface area contributed by atoms with Gasteiger partial charge in [0.15, 0.2) is 0 Å². The Morgan fingerprint density at radius 2 is 0.971 bits per heavy atom. The summed E-state index contributed by atoms with van der Waals surface area (Å²) in [5.74, 6) is 1.37. The highest BCUT2D eigenvalue weighted by molar-refractivity contribution is 5.64. The fourth-order valence-electron chi connectivity index (χ4n) is 5.53. The molecule has 0 aromatic heterocycles. The molecule has 34 heavy (non-hydrogen) atoms. The van der Waals surface area contributed by atoms with Crippen molar-refractivity contribution >= 4 is 0 Å². The summed E-state index contributed by atoms with van der Waals surface area (Å²) in [6, 6.07) is 27.7. The van der Waals surface area contributed by atoms with Gasteiger partial charge in [0.2, 0.25) is 0 Å². The summed E-state index contributed by atoms with van der Waals surface area (Å²) in [6.45, 7) is 2.06. The SMILES string of the molecule is CCCCCc1ccc(-c2ccc(C3CCC(c4ccc(CCCCF)cc4)CC3)cc2)cc1. The third kappa shape index (κ3) is 6.81. The van der Waals surface area contributed by atoms with Crippen LogP contribution in [0.3, 0.4) is 0 Å². The van der Waals surface area contributed by atoms with E-state index in [9.17, 15) is 4.39 Å². The lowest BCUT2D eigenvalue weighted by Gasteiger charge is -2.29. The van der Waals surface area contributed by atoms with E-state index < -0.39 is 0 Å². The van der Waals surface area contributed by atoms with Gasteiger partial charge in [-0.25, -0.2) is 0 Å². The summed E-state index contributed by atoms with van der Waals surface area (Å²) in [5, 5.41) is 0. The third-order valence-corrected chi connectivity index (χ3v) is 7.77. The van der Waals surface area contributed by atoms with Crippen molar-refractivity contribution in [1.82, 2.24) is 0 Å². The number of alkyl halides is 1. The molecular formula is C33H41F. The molecule has 3 aromatic carbocycles. The van der Waals surface area contributed by atoms with Gasteiger partial charge >= 0.3 is 0 Å². The molecule has 0 bridgehead atoms. The molecule has 0 unspecified atom stereocenters. The Morgan fingerprint density at radius 3 is 1.44 bits per heavy atom. The van der Waals surface area contributed by atoms with Crippen molar-refractivity contribution in [3.05, 3.63) is 95.1 Å². The van der Waals surface area contributed by atoms with Crippen molar-refractivity contribution < 1.29 is 4.39 Å². The average molecular weight is 457 g/mol. The predicted molar refractivity (Wildman–Crippen MR) is 144 cm³/mol. The number of unbranched alkanes of at least 4 members (excludes halogenated alkanes) is 3. The van der Waals surface area contributed by atoms with Crippen LogP contribution >= 0.6 is 0 Å². The Labute approximate surface area is 206 Å². The maximum atomic E-state index is 12.3. The van der Waals surface area contributed by atoms with Gasteiger partial charge in [0.25, 0.3) is 0 Å². The van der Waals surface area contributed by atoms with Crippen LogP contribution < -0.4 is 0 Å². The molecule has 180 valence electrons. The Bertz CT molecular complexity index is 961. The normalized spacial score (nSPS) is 18.2. The molecule has 0 radical (unpaired) electrons. The van der Waals surface area contributed by atoms with E-state index in [1.807, 2.05) is 0 Å². The fraction of sp³-hybridized carbons (Fsp3) is 0.455. The van der Waals surface area contributed by atoms with E-state index in [1.54, 1.807) is 0 Å². The fourth-order valence-corrected chi connectivity index (χ4v) is 5.53. The maximum absolute atomic E-state index is 12.3. The minimum atomic E-state index is -0.198. The van der Waals surface area contributed by atoms with Crippen LogP contribution in [0.4, 0.5) is 4.39 Å². The highest BCUT2D eigenvalue weighted by Gasteiger charge is 2.23. The smallest absolute Gasteiger partial charge is 0.0894 e. The van der Waals surface area contributed by atoms with Crippen molar-refractivity contribution in [3.8, 4) is 11.1 Å². The molecule has 3 aromatic rings. The maximum Gasteiger partial charge on any atom is 0.0894 e. The molecular weight excluding hydrogens is 415 g/mol. The lowest BCUT2D eigenvalue weighted by molar-refractivity contribution is 0.396. The van der Waals surface area contributed by atoms with Crippen LogP contribution in [-0.4, -0.2) is 6.67 Å². The van der Waals surface area contributed by atoms with E-state index in [0.29, 0.717) is 18.3 Å². The summed E-state index contributed by atoms with van der Waals surface area (Å²) in [5.41, 5.74) is 8.43. The summed E-state index contributed by atoms with van der Waals surface area (Å²) in [4.78, 5) is 0. The summed E-state index contributed by atoms with van der Waals surface area (Å²) in [7, 11) is 0. The van der Waals surface area contributed by atoms with Gasteiger partial charge in [-0.2, -0.15) is 0 Å². The number of hydrogen-bond donors (Lipinski definition) is 0. The highest BCUT2D eigenvalue weighted by atomic mass is 19.1. The van der Waals surface area contributed by atoms with Gasteiger partial charge in [-0.3, -0.25) is 4.39 Å². The molecule has 0 N–H and O–H groups in total. The Morgan fingerprint density at radius 1 is 0.559 bits per heavy atom. The first-order valence-corrected chi connectivity index (χ1v) is 13.6. The molecule has 0 nitrogen and oxygen atoms in total. The van der Waals surface area contributed by atoms with Crippen molar-refractivity contribution in [2.45, 2.75) is 89.4 Å². The number of hydrogen-bond acceptors (Lipinski definition) is 0. The Kier molecular flexibility index (Phi) is 9.36. The molecule has 1 aliphatic rings. The van der Waals surface area contributed by atoms with Crippen molar-refractivity contribution in [3.63, 3.8) is 0 Å². The quantitative estimate of drug-likeness (QED) is 0.252. The molecule has 0 spiro atoms. The summed E-state index contributed by atoms with van der Waals surface area (Å²) in [6.07, 6.45) is 12.8. The summed E-state index contributed by atoms with van der Waals surface area (Å²) >= 11 is 0. The van der Waals surface area contributed by atoms with Crippen molar-refractivity contribution in [2.75, 3.05) is 6.67 Å². The van der Waals surface area contributed by atoms with Gasteiger partial charge in [0, 0.05) is 0 Å². The van der Waals surface area contributed by atoms with Crippen LogP contribution in [0, 0.1) is 0 Å². The van der Waals surface area contributed by atoms with Crippen LogP contribution in [0.15, 0.2) is 72.8 Å². The first-order valence-electron chi connectivity index (χ1n) is 13.6. The lowest BCUT2D eigenvalue weighted by atomic mass is 9.76. The van der Waals surface area contributed by atoms with Gasteiger partial charge in [0.05, 0.1) is 6.67 Å². The van der Waals surface area contributed by atoms with Gasteiger partial charge in [-0.1, -0.05) is 92.6 Å². The Balaban J connectivity index is 1.28.